The molecule has 12 heteroatoms. The highest BCUT2D eigenvalue weighted by Gasteiger charge is 2.71. The maximum Gasteiger partial charge on any atom is 0.311 e. The second kappa shape index (κ2) is 11.4. The molecule has 0 radical (unpaired) electrons. The van der Waals surface area contributed by atoms with E-state index in [0.717, 1.165) is 0 Å². The predicted molar refractivity (Wildman–Crippen MR) is 164 cm³/mol. The number of hydrogen-bond donors (Lipinski definition) is 2. The van der Waals surface area contributed by atoms with Gasteiger partial charge in [-0.1, -0.05) is 25.1 Å². The van der Waals surface area contributed by atoms with E-state index < -0.39 is 45.8 Å². The summed E-state index contributed by atoms with van der Waals surface area (Å²) in [6.07, 6.45) is 7.51. The van der Waals surface area contributed by atoms with E-state index in [9.17, 15) is 29.4 Å². The van der Waals surface area contributed by atoms with Gasteiger partial charge in [-0.15, -0.1) is 23.5 Å². The third-order valence-electron chi connectivity index (χ3n) is 9.13. The number of rotatable bonds is 8. The number of esters is 1. The van der Waals surface area contributed by atoms with Crippen LogP contribution in [0.15, 0.2) is 54.0 Å². The van der Waals surface area contributed by atoms with E-state index in [0.29, 0.717) is 22.4 Å². The highest BCUT2D eigenvalue weighted by Crippen LogP contribution is 2.59. The normalized spacial score (nSPS) is 29.8. The molecule has 1 aromatic carbocycles. The average Bonchev–Trinajstić information content (AvgIpc) is 3.48. The first-order valence-electron chi connectivity index (χ1n) is 14.1. The van der Waals surface area contributed by atoms with Gasteiger partial charge in [0.1, 0.15) is 11.9 Å². The highest BCUT2D eigenvalue weighted by molar-refractivity contribution is 8.01. The van der Waals surface area contributed by atoms with E-state index in [1.807, 2.05) is 0 Å². The number of allylic oxidation sites excluding steroid dienone is 2. The number of thioether (sulfide) groups is 2. The molecule has 0 saturated carbocycles. The van der Waals surface area contributed by atoms with Gasteiger partial charge in [-0.25, -0.2) is 0 Å². The highest BCUT2D eigenvalue weighted by atomic mass is 32.2. The Morgan fingerprint density at radius 2 is 1.81 bits per heavy atom. The number of ketones is 1. The number of aromatic hydroxyl groups is 1. The first-order chi connectivity index (χ1) is 20.4. The molecule has 2 fully saturated rings. The lowest BCUT2D eigenvalue weighted by molar-refractivity contribution is -0.162. The summed E-state index contributed by atoms with van der Waals surface area (Å²) in [5, 5.41) is 21.7. The number of Topliss-reactive ketones (excluding diaryl/α,β-unsaturated/α-hetero) is 1. The number of benzene rings is 1. The number of phenols is 1. The zero-order chi connectivity index (χ0) is 31.4. The SMILES string of the molecule is CC=C(C)C(=O)C(C)C(O)C(C)C(=O)OC1C=COC=C2CC3(SC)C(=O)N4c5c(O)cccc5CC4(SC)C(=O)N3C21. The van der Waals surface area contributed by atoms with Gasteiger partial charge in [0.15, 0.2) is 15.5 Å². The van der Waals surface area contributed by atoms with Crippen LogP contribution in [-0.4, -0.2) is 79.2 Å². The van der Waals surface area contributed by atoms with Crippen molar-refractivity contribution in [3.63, 3.8) is 0 Å². The van der Waals surface area contributed by atoms with Crippen molar-refractivity contribution >= 4 is 52.8 Å². The fourth-order valence-corrected chi connectivity index (χ4v) is 8.43. The smallest absolute Gasteiger partial charge is 0.311 e. The summed E-state index contributed by atoms with van der Waals surface area (Å²) in [6.45, 7) is 6.44. The molecule has 0 bridgehead atoms. The Labute approximate surface area is 259 Å². The van der Waals surface area contributed by atoms with Crippen molar-refractivity contribution in [3.8, 4) is 5.75 Å². The van der Waals surface area contributed by atoms with Crippen molar-refractivity contribution in [1.29, 1.82) is 0 Å². The molecule has 0 spiro atoms. The summed E-state index contributed by atoms with van der Waals surface area (Å²) in [7, 11) is 0. The molecule has 0 aliphatic carbocycles. The van der Waals surface area contributed by atoms with Gasteiger partial charge in [0, 0.05) is 18.8 Å². The van der Waals surface area contributed by atoms with Crippen LogP contribution in [0.1, 0.15) is 39.7 Å². The molecule has 4 heterocycles. The Morgan fingerprint density at radius 1 is 1.12 bits per heavy atom. The fourth-order valence-electron chi connectivity index (χ4n) is 6.53. The van der Waals surface area contributed by atoms with E-state index in [1.54, 1.807) is 51.5 Å². The number of aliphatic hydroxyl groups is 1. The van der Waals surface area contributed by atoms with Gasteiger partial charge in [0.05, 0.1) is 36.3 Å². The Morgan fingerprint density at radius 3 is 2.47 bits per heavy atom. The van der Waals surface area contributed by atoms with Crippen LogP contribution in [0.25, 0.3) is 0 Å². The molecule has 7 unspecified atom stereocenters. The fraction of sp³-hybridized carbons (Fsp3) is 0.484. The van der Waals surface area contributed by atoms with Crippen molar-refractivity contribution in [2.45, 2.75) is 68.5 Å². The Hall–Kier alpha value is -3.22. The van der Waals surface area contributed by atoms with E-state index in [2.05, 4.69) is 0 Å². The summed E-state index contributed by atoms with van der Waals surface area (Å²) < 4.78 is 11.5. The number of para-hydroxylation sites is 1. The molecule has 43 heavy (non-hydrogen) atoms. The number of aliphatic hydroxyl groups excluding tert-OH is 1. The lowest BCUT2D eigenvalue weighted by atomic mass is 9.87. The van der Waals surface area contributed by atoms with Crippen molar-refractivity contribution in [2.75, 3.05) is 17.4 Å². The van der Waals surface area contributed by atoms with Gasteiger partial charge < -0.3 is 24.6 Å². The minimum absolute atomic E-state index is 0.0753. The van der Waals surface area contributed by atoms with Crippen LogP contribution in [0, 0.1) is 11.8 Å². The number of fused-ring (bicyclic) bond motifs is 6. The van der Waals surface area contributed by atoms with Crippen LogP contribution in [0.5, 0.6) is 5.75 Å². The molecule has 5 rings (SSSR count). The predicted octanol–water partition coefficient (Wildman–Crippen LogP) is 3.52. The van der Waals surface area contributed by atoms with E-state index in [1.165, 1.54) is 64.9 Å². The maximum atomic E-state index is 14.7. The molecule has 4 aliphatic heterocycles. The third-order valence-corrected chi connectivity index (χ3v) is 11.5. The molecular formula is C31H36N2O8S2. The zero-order valence-electron chi connectivity index (χ0n) is 24.9. The molecule has 7 atom stereocenters. The van der Waals surface area contributed by atoms with Gasteiger partial charge >= 0.3 is 5.97 Å². The number of anilines is 1. The molecular weight excluding hydrogens is 592 g/mol. The van der Waals surface area contributed by atoms with Gasteiger partial charge in [-0.3, -0.25) is 24.1 Å². The Balaban J connectivity index is 1.51. The lowest BCUT2D eigenvalue weighted by Crippen LogP contribution is -2.74. The third kappa shape index (κ3) is 4.52. The number of amides is 2. The average molecular weight is 629 g/mol. The number of piperazine rings is 1. The number of carbonyl (C=O) groups excluding carboxylic acids is 4. The maximum absolute atomic E-state index is 14.7. The van der Waals surface area contributed by atoms with Gasteiger partial charge in [0.2, 0.25) is 0 Å². The molecule has 10 nitrogen and oxygen atoms in total. The second-order valence-electron chi connectivity index (χ2n) is 11.3. The van der Waals surface area contributed by atoms with Gasteiger partial charge in [0.25, 0.3) is 11.8 Å². The summed E-state index contributed by atoms with van der Waals surface area (Å²) in [6, 6.07) is 4.14. The Bertz CT molecular complexity index is 1470. The van der Waals surface area contributed by atoms with Crippen molar-refractivity contribution < 1.29 is 38.9 Å². The first-order valence-corrected chi connectivity index (χ1v) is 16.5. The number of ether oxygens (including phenoxy) is 2. The van der Waals surface area contributed by atoms with Crippen LogP contribution < -0.4 is 4.90 Å². The quantitative estimate of drug-likeness (QED) is 0.325. The molecule has 4 aliphatic rings. The summed E-state index contributed by atoms with van der Waals surface area (Å²) >= 11 is 2.44. The van der Waals surface area contributed by atoms with Crippen molar-refractivity contribution in [1.82, 2.24) is 4.90 Å². The van der Waals surface area contributed by atoms with Crippen LogP contribution >= 0.6 is 23.5 Å². The molecule has 2 amide bonds. The summed E-state index contributed by atoms with van der Waals surface area (Å²) in [4.78, 5) is 55.6. The Kier molecular flexibility index (Phi) is 8.25. The van der Waals surface area contributed by atoms with Crippen LogP contribution in [0.4, 0.5) is 5.69 Å². The first kappa shape index (κ1) is 31.2. The number of carbonyl (C=O) groups is 4. The number of hydrogen-bond acceptors (Lipinski definition) is 10. The standard InChI is InChI=1S/C31H36N2O8S2/c1-7-16(2)25(35)17(3)26(36)18(4)27(37)41-22-11-12-40-15-20-14-31(43-6)28(38)32-23-19(9-8-10-21(23)34)13-30(32,42-5)29(39)33(31)24(20)22/h7-12,15,17-18,22,24,26,34,36H,13-14H2,1-6H3. The minimum Gasteiger partial charge on any atom is -0.506 e. The van der Waals surface area contributed by atoms with E-state index in [4.69, 9.17) is 9.47 Å². The van der Waals surface area contributed by atoms with Gasteiger partial charge in [-0.05, 0) is 62.1 Å². The van der Waals surface area contributed by atoms with Crippen LogP contribution in [-0.2, 0) is 35.1 Å². The number of phenolic OH excluding ortho intramolecular Hbond substituents is 1. The van der Waals surface area contributed by atoms with E-state index in [-0.39, 0.29) is 36.2 Å². The molecule has 0 aromatic heterocycles. The van der Waals surface area contributed by atoms with Crippen LogP contribution in [0.2, 0.25) is 0 Å². The molecule has 2 saturated heterocycles. The monoisotopic (exact) mass is 628 g/mol. The largest absolute Gasteiger partial charge is 0.506 e. The molecule has 2 N–H and O–H groups in total. The van der Waals surface area contributed by atoms with Crippen LogP contribution in [0.3, 0.4) is 0 Å². The van der Waals surface area contributed by atoms with Crippen molar-refractivity contribution in [3.05, 3.63) is 59.6 Å². The lowest BCUT2D eigenvalue weighted by Gasteiger charge is -2.52. The zero-order valence-corrected chi connectivity index (χ0v) is 26.5. The summed E-state index contributed by atoms with van der Waals surface area (Å²) in [5.41, 5.74) is 2.10. The van der Waals surface area contributed by atoms with Gasteiger partial charge in [-0.2, -0.15) is 0 Å². The van der Waals surface area contributed by atoms with E-state index >= 15 is 0 Å². The topological polar surface area (TPSA) is 134 Å². The second-order valence-corrected chi connectivity index (χ2v) is 13.5. The van der Waals surface area contributed by atoms with Crippen molar-refractivity contribution in [2.24, 2.45) is 11.8 Å². The summed E-state index contributed by atoms with van der Waals surface area (Å²) in [5.74, 6) is -3.69. The molecule has 1 aromatic rings. The number of nitrogens with zero attached hydrogens (tertiary/aromatic N) is 2. The minimum atomic E-state index is -1.38. The molecule has 230 valence electrons.